The van der Waals surface area contributed by atoms with Gasteiger partial charge in [-0.1, -0.05) is 0 Å². The van der Waals surface area contributed by atoms with Crippen LogP contribution in [0.4, 0.5) is 10.5 Å². The highest BCUT2D eigenvalue weighted by molar-refractivity contribution is 5.68. The van der Waals surface area contributed by atoms with Gasteiger partial charge in [0, 0.05) is 55.4 Å². The lowest BCUT2D eigenvalue weighted by molar-refractivity contribution is 0.105. The first kappa shape index (κ1) is 15.6. The molecule has 0 bridgehead atoms. The average Bonchev–Trinajstić information content (AvgIpc) is 2.47. The van der Waals surface area contributed by atoms with Gasteiger partial charge >= 0.3 is 6.09 Å². The molecule has 0 unspecified atom stereocenters. The van der Waals surface area contributed by atoms with Crippen LogP contribution in [0.1, 0.15) is 23.9 Å². The zero-order valence-corrected chi connectivity index (χ0v) is 13.1. The summed E-state index contributed by atoms with van der Waals surface area (Å²) < 4.78 is 5.04. The van der Waals surface area contributed by atoms with Crippen molar-refractivity contribution in [3.63, 3.8) is 0 Å². The zero-order chi connectivity index (χ0) is 15.4. The Labute approximate surface area is 125 Å². The van der Waals surface area contributed by atoms with Crippen molar-refractivity contribution in [1.29, 1.82) is 0 Å². The SMILES string of the molecule is CCOC(=O)N1CCN(c2cc(C)nc(C)c2CN)CC1. The second-order valence-corrected chi connectivity index (χ2v) is 5.22. The van der Waals surface area contributed by atoms with Gasteiger partial charge in [-0.05, 0) is 26.8 Å². The van der Waals surface area contributed by atoms with E-state index in [0.29, 0.717) is 26.2 Å². The van der Waals surface area contributed by atoms with Gasteiger partial charge in [0.1, 0.15) is 0 Å². The molecule has 2 N–H and O–H groups in total. The first-order valence-electron chi connectivity index (χ1n) is 7.40. The molecule has 116 valence electrons. The summed E-state index contributed by atoms with van der Waals surface area (Å²) in [5.41, 5.74) is 10.1. The Morgan fingerprint density at radius 1 is 1.33 bits per heavy atom. The molecule has 2 rings (SSSR count). The number of anilines is 1. The summed E-state index contributed by atoms with van der Waals surface area (Å²) in [4.78, 5) is 20.2. The Kier molecular flexibility index (Phi) is 5.01. The summed E-state index contributed by atoms with van der Waals surface area (Å²) in [6.45, 7) is 9.62. The van der Waals surface area contributed by atoms with Crippen LogP contribution in [0.3, 0.4) is 0 Å². The van der Waals surface area contributed by atoms with Crippen LogP contribution in [-0.2, 0) is 11.3 Å². The lowest BCUT2D eigenvalue weighted by atomic mass is 10.1. The molecule has 6 nitrogen and oxygen atoms in total. The average molecular weight is 292 g/mol. The normalized spacial score (nSPS) is 15.2. The van der Waals surface area contributed by atoms with E-state index in [9.17, 15) is 4.79 Å². The number of aryl methyl sites for hydroxylation is 2. The van der Waals surface area contributed by atoms with Gasteiger partial charge in [0.2, 0.25) is 0 Å². The van der Waals surface area contributed by atoms with Crippen molar-refractivity contribution < 1.29 is 9.53 Å². The van der Waals surface area contributed by atoms with Crippen molar-refractivity contribution >= 4 is 11.8 Å². The van der Waals surface area contributed by atoms with Gasteiger partial charge in [-0.25, -0.2) is 4.79 Å². The van der Waals surface area contributed by atoms with Crippen LogP contribution in [0.5, 0.6) is 0 Å². The van der Waals surface area contributed by atoms with Crippen molar-refractivity contribution in [2.75, 3.05) is 37.7 Å². The number of nitrogens with two attached hydrogens (primary N) is 1. The van der Waals surface area contributed by atoms with Crippen LogP contribution < -0.4 is 10.6 Å². The third-order valence-electron chi connectivity index (χ3n) is 3.79. The molecule has 1 saturated heterocycles. The molecule has 1 amide bonds. The van der Waals surface area contributed by atoms with Crippen LogP contribution in [0.2, 0.25) is 0 Å². The summed E-state index contributed by atoms with van der Waals surface area (Å²) in [5, 5.41) is 0. The first-order chi connectivity index (χ1) is 10.1. The fraction of sp³-hybridized carbons (Fsp3) is 0.600. The Hall–Kier alpha value is -1.82. The number of carbonyl (C=O) groups is 1. The molecule has 1 aromatic heterocycles. The Morgan fingerprint density at radius 3 is 2.57 bits per heavy atom. The van der Waals surface area contributed by atoms with Gasteiger partial charge in [0.25, 0.3) is 0 Å². The molecule has 1 fully saturated rings. The van der Waals surface area contributed by atoms with E-state index in [0.717, 1.165) is 35.7 Å². The van der Waals surface area contributed by atoms with Crippen molar-refractivity contribution in [2.24, 2.45) is 5.73 Å². The number of rotatable bonds is 3. The predicted molar refractivity (Wildman–Crippen MR) is 82.4 cm³/mol. The first-order valence-corrected chi connectivity index (χ1v) is 7.40. The van der Waals surface area contributed by atoms with E-state index in [1.165, 1.54) is 0 Å². The molecule has 6 heteroatoms. The maximum absolute atomic E-state index is 11.7. The fourth-order valence-corrected chi connectivity index (χ4v) is 2.71. The molecule has 0 radical (unpaired) electrons. The third kappa shape index (κ3) is 3.44. The van der Waals surface area contributed by atoms with Crippen LogP contribution in [0.25, 0.3) is 0 Å². The van der Waals surface area contributed by atoms with Crippen LogP contribution in [-0.4, -0.2) is 48.8 Å². The van der Waals surface area contributed by atoms with Crippen LogP contribution in [0.15, 0.2) is 6.07 Å². The molecule has 0 saturated carbocycles. The minimum atomic E-state index is -0.224. The molecule has 0 atom stereocenters. The molecule has 0 spiro atoms. The Balaban J connectivity index is 2.10. The van der Waals surface area contributed by atoms with Gasteiger partial charge in [-0.15, -0.1) is 0 Å². The molecule has 1 aliphatic heterocycles. The summed E-state index contributed by atoms with van der Waals surface area (Å²) in [6, 6.07) is 2.08. The van der Waals surface area contributed by atoms with Gasteiger partial charge in [-0.3, -0.25) is 4.98 Å². The minimum absolute atomic E-state index is 0.224. The number of hydrogen-bond acceptors (Lipinski definition) is 5. The second-order valence-electron chi connectivity index (χ2n) is 5.22. The van der Waals surface area contributed by atoms with Gasteiger partial charge < -0.3 is 20.3 Å². The van der Waals surface area contributed by atoms with Crippen molar-refractivity contribution in [1.82, 2.24) is 9.88 Å². The monoisotopic (exact) mass is 292 g/mol. The standard InChI is InChI=1S/C15H24N4O2/c1-4-21-15(20)19-7-5-18(6-8-19)14-9-11(2)17-12(3)13(14)10-16/h9H,4-8,10,16H2,1-3H3. The van der Waals surface area contributed by atoms with Crippen molar-refractivity contribution in [2.45, 2.75) is 27.3 Å². The maximum atomic E-state index is 11.7. The molecular formula is C15H24N4O2. The number of piperazine rings is 1. The molecule has 1 aromatic rings. The maximum Gasteiger partial charge on any atom is 0.409 e. The van der Waals surface area contributed by atoms with E-state index in [2.05, 4.69) is 16.0 Å². The topological polar surface area (TPSA) is 71.7 Å². The van der Waals surface area contributed by atoms with Gasteiger partial charge in [0.15, 0.2) is 0 Å². The minimum Gasteiger partial charge on any atom is -0.450 e. The molecule has 1 aliphatic rings. The highest BCUT2D eigenvalue weighted by Gasteiger charge is 2.23. The number of nitrogens with zero attached hydrogens (tertiary/aromatic N) is 3. The summed E-state index contributed by atoms with van der Waals surface area (Å²) in [6.07, 6.45) is -0.224. The highest BCUT2D eigenvalue weighted by Crippen LogP contribution is 2.25. The zero-order valence-electron chi connectivity index (χ0n) is 13.1. The lowest BCUT2D eigenvalue weighted by Crippen LogP contribution is -2.49. The predicted octanol–water partition coefficient (Wildman–Crippen LogP) is 1.44. The van der Waals surface area contributed by atoms with E-state index in [1.807, 2.05) is 20.8 Å². The molecule has 21 heavy (non-hydrogen) atoms. The smallest absolute Gasteiger partial charge is 0.409 e. The fourth-order valence-electron chi connectivity index (χ4n) is 2.71. The highest BCUT2D eigenvalue weighted by atomic mass is 16.6. The number of pyridine rings is 1. The summed E-state index contributed by atoms with van der Waals surface area (Å²) in [5.74, 6) is 0. The van der Waals surface area contributed by atoms with E-state index in [-0.39, 0.29) is 6.09 Å². The molecule has 0 aliphatic carbocycles. The van der Waals surface area contributed by atoms with Gasteiger partial charge in [0.05, 0.1) is 6.61 Å². The summed E-state index contributed by atoms with van der Waals surface area (Å²) in [7, 11) is 0. The van der Waals surface area contributed by atoms with Crippen LogP contribution in [0, 0.1) is 13.8 Å². The van der Waals surface area contributed by atoms with E-state index < -0.39 is 0 Å². The number of ether oxygens (including phenoxy) is 1. The molecular weight excluding hydrogens is 268 g/mol. The van der Waals surface area contributed by atoms with E-state index >= 15 is 0 Å². The lowest BCUT2D eigenvalue weighted by Gasteiger charge is -2.36. The quantitative estimate of drug-likeness (QED) is 0.912. The third-order valence-corrected chi connectivity index (χ3v) is 3.79. The second kappa shape index (κ2) is 6.76. The van der Waals surface area contributed by atoms with Gasteiger partial charge in [-0.2, -0.15) is 0 Å². The summed E-state index contributed by atoms with van der Waals surface area (Å²) >= 11 is 0. The number of carbonyl (C=O) groups excluding carboxylic acids is 1. The number of amides is 1. The Morgan fingerprint density at radius 2 is 2.00 bits per heavy atom. The Bertz CT molecular complexity index is 511. The number of aromatic nitrogens is 1. The van der Waals surface area contributed by atoms with Crippen LogP contribution >= 0.6 is 0 Å². The van der Waals surface area contributed by atoms with Crippen molar-refractivity contribution in [3.8, 4) is 0 Å². The molecule has 2 heterocycles. The van der Waals surface area contributed by atoms with E-state index in [4.69, 9.17) is 10.5 Å². The van der Waals surface area contributed by atoms with Crippen molar-refractivity contribution in [3.05, 3.63) is 23.0 Å². The van der Waals surface area contributed by atoms with E-state index in [1.54, 1.807) is 4.90 Å². The molecule has 0 aromatic carbocycles. The largest absolute Gasteiger partial charge is 0.450 e. The number of hydrogen-bond donors (Lipinski definition) is 1.